The van der Waals surface area contributed by atoms with Crippen LogP contribution in [0, 0.1) is 11.3 Å². The van der Waals surface area contributed by atoms with Crippen molar-refractivity contribution in [2.45, 2.75) is 29.5 Å². The molecule has 200 valence electrons. The van der Waals surface area contributed by atoms with Gasteiger partial charge in [0.15, 0.2) is 21.6 Å². The van der Waals surface area contributed by atoms with E-state index >= 15 is 0 Å². The van der Waals surface area contributed by atoms with Crippen molar-refractivity contribution in [3.05, 3.63) is 65.0 Å². The number of thioether (sulfide) groups is 1. The number of rotatable bonds is 8. The van der Waals surface area contributed by atoms with Gasteiger partial charge in [-0.3, -0.25) is 14.5 Å². The fourth-order valence-electron chi connectivity index (χ4n) is 4.63. The molecule has 1 unspecified atom stereocenters. The van der Waals surface area contributed by atoms with Crippen molar-refractivity contribution in [1.29, 1.82) is 5.26 Å². The van der Waals surface area contributed by atoms with Crippen LogP contribution < -0.4 is 25.4 Å². The lowest BCUT2D eigenvalue weighted by molar-refractivity contribution is -0.116. The highest BCUT2D eigenvalue weighted by molar-refractivity contribution is 8.01. The molecule has 2 aliphatic rings. The van der Waals surface area contributed by atoms with Crippen LogP contribution in [0.2, 0.25) is 0 Å². The summed E-state index contributed by atoms with van der Waals surface area (Å²) in [6.45, 7) is 0. The Morgan fingerprint density at radius 2 is 2.10 bits per heavy atom. The Morgan fingerprint density at radius 3 is 2.82 bits per heavy atom. The van der Waals surface area contributed by atoms with Crippen molar-refractivity contribution >= 4 is 45.6 Å². The minimum atomic E-state index is -0.661. The van der Waals surface area contributed by atoms with Crippen LogP contribution in [0.4, 0.5) is 10.8 Å². The first-order valence-corrected chi connectivity index (χ1v) is 13.7. The van der Waals surface area contributed by atoms with Crippen LogP contribution in [0.5, 0.6) is 11.5 Å². The van der Waals surface area contributed by atoms with E-state index in [0.717, 1.165) is 0 Å². The van der Waals surface area contributed by atoms with E-state index in [2.05, 4.69) is 21.6 Å². The Morgan fingerprint density at radius 1 is 1.28 bits per heavy atom. The van der Waals surface area contributed by atoms with Crippen LogP contribution >= 0.6 is 23.1 Å². The molecule has 11 nitrogen and oxygen atoms in total. The van der Waals surface area contributed by atoms with E-state index in [4.69, 9.17) is 19.6 Å². The first kappa shape index (κ1) is 26.3. The van der Waals surface area contributed by atoms with Gasteiger partial charge < -0.3 is 24.9 Å². The predicted octanol–water partition coefficient (Wildman–Crippen LogP) is 4.18. The first-order valence-electron chi connectivity index (χ1n) is 11.9. The molecule has 1 atom stereocenters. The summed E-state index contributed by atoms with van der Waals surface area (Å²) >= 11 is 2.45. The molecule has 0 saturated heterocycles. The minimum Gasteiger partial charge on any atom is -0.493 e. The number of ether oxygens (including phenoxy) is 2. The van der Waals surface area contributed by atoms with Crippen molar-refractivity contribution in [1.82, 2.24) is 10.2 Å². The molecule has 3 N–H and O–H groups in total. The number of hydrogen-bond donors (Lipinski definition) is 2. The number of nitrogens with zero attached hydrogens (tertiary/aromatic N) is 4. The van der Waals surface area contributed by atoms with Crippen molar-refractivity contribution in [2.24, 2.45) is 5.73 Å². The minimum absolute atomic E-state index is 0.0474. The molecular weight excluding hydrogens is 540 g/mol. The van der Waals surface area contributed by atoms with Crippen molar-refractivity contribution in [3.8, 4) is 17.6 Å². The standard InChI is InChI=1S/C26H24N6O5S2/c1-35-18-9-8-14(11-20(18)36-2)29-21(34)13-38-26-31-30-25(39-26)32-16-5-3-6-17(33)23(16)22(15(12-27)24(32)28)19-7-4-10-37-19/h4,7-11,22H,3,5-6,13,28H2,1-2H3,(H,29,34). The summed E-state index contributed by atoms with van der Waals surface area (Å²) in [5, 5.41) is 21.8. The van der Waals surface area contributed by atoms with Crippen LogP contribution in [0.15, 0.2) is 68.0 Å². The van der Waals surface area contributed by atoms with Crippen LogP contribution in [-0.2, 0) is 9.59 Å². The second-order valence-corrected chi connectivity index (χ2v) is 10.8. The monoisotopic (exact) mass is 564 g/mol. The lowest BCUT2D eigenvalue weighted by atomic mass is 9.78. The SMILES string of the molecule is COc1ccc(NC(=O)CSc2nnc(N3C(N)=C(C#N)C(c4ccco4)C4=C3CCCC4=O)s2)cc1OC. The molecule has 2 aromatic heterocycles. The third kappa shape index (κ3) is 5.08. The van der Waals surface area contributed by atoms with Gasteiger partial charge in [-0.25, -0.2) is 0 Å². The van der Waals surface area contributed by atoms with Gasteiger partial charge >= 0.3 is 0 Å². The maximum Gasteiger partial charge on any atom is 0.234 e. The summed E-state index contributed by atoms with van der Waals surface area (Å²) in [7, 11) is 3.06. The van der Waals surface area contributed by atoms with Crippen molar-refractivity contribution in [2.75, 3.05) is 30.2 Å². The molecular formula is C26H24N6O5S2. The summed E-state index contributed by atoms with van der Waals surface area (Å²) in [6.07, 6.45) is 3.14. The van der Waals surface area contributed by atoms with Gasteiger partial charge in [-0.2, -0.15) is 5.26 Å². The highest BCUT2D eigenvalue weighted by Gasteiger charge is 2.42. The maximum atomic E-state index is 13.1. The number of hydrogen-bond acceptors (Lipinski definition) is 12. The lowest BCUT2D eigenvalue weighted by Gasteiger charge is -2.37. The van der Waals surface area contributed by atoms with Crippen LogP contribution in [0.25, 0.3) is 0 Å². The maximum absolute atomic E-state index is 13.1. The Labute approximate surface area is 232 Å². The smallest absolute Gasteiger partial charge is 0.234 e. The zero-order valence-electron chi connectivity index (χ0n) is 21.1. The van der Waals surface area contributed by atoms with Gasteiger partial charge in [-0.15, -0.1) is 10.2 Å². The summed E-state index contributed by atoms with van der Waals surface area (Å²) in [6, 6.07) is 10.7. The van der Waals surface area contributed by atoms with E-state index in [1.54, 1.807) is 42.3 Å². The summed E-state index contributed by atoms with van der Waals surface area (Å²) in [4.78, 5) is 27.3. The number of carbonyl (C=O) groups excluding carboxylic acids is 2. The third-order valence-electron chi connectivity index (χ3n) is 6.32. The van der Waals surface area contributed by atoms with Crippen molar-refractivity contribution < 1.29 is 23.5 Å². The van der Waals surface area contributed by atoms with Gasteiger partial charge in [0, 0.05) is 29.4 Å². The number of Topliss-reactive ketones (excluding diaryl/α,β-unsaturated/α-hetero) is 1. The predicted molar refractivity (Wildman–Crippen MR) is 145 cm³/mol. The fraction of sp³-hybridized carbons (Fsp3) is 0.269. The molecule has 3 heterocycles. The molecule has 1 aromatic carbocycles. The number of methoxy groups -OCH3 is 2. The topological polar surface area (TPSA) is 157 Å². The molecule has 5 rings (SSSR count). The van der Waals surface area contributed by atoms with Gasteiger partial charge in [0.05, 0.1) is 43.8 Å². The molecule has 0 radical (unpaired) electrons. The molecule has 3 aromatic rings. The molecule has 39 heavy (non-hydrogen) atoms. The van der Waals surface area contributed by atoms with E-state index < -0.39 is 5.92 Å². The van der Waals surface area contributed by atoms with Crippen molar-refractivity contribution in [3.63, 3.8) is 0 Å². The highest BCUT2D eigenvalue weighted by atomic mass is 32.2. The van der Waals surface area contributed by atoms with E-state index in [-0.39, 0.29) is 28.8 Å². The number of furan rings is 1. The Bertz CT molecular complexity index is 1520. The summed E-state index contributed by atoms with van der Waals surface area (Å²) in [5.41, 5.74) is 8.51. The van der Waals surface area contributed by atoms with E-state index in [0.29, 0.717) is 63.0 Å². The largest absolute Gasteiger partial charge is 0.493 e. The van der Waals surface area contributed by atoms with Crippen LogP contribution in [-0.4, -0.2) is 41.9 Å². The number of allylic oxidation sites excluding steroid dienone is 3. The molecule has 13 heteroatoms. The number of carbonyl (C=O) groups is 2. The second kappa shape index (κ2) is 11.2. The van der Waals surface area contributed by atoms with Crippen LogP contribution in [0.3, 0.4) is 0 Å². The van der Waals surface area contributed by atoms with E-state index in [1.807, 2.05) is 0 Å². The first-order chi connectivity index (χ1) is 18.9. The molecule has 0 saturated carbocycles. The molecule has 1 aliphatic carbocycles. The fourth-order valence-corrected chi connectivity index (χ4v) is 6.32. The molecule has 0 fully saturated rings. The second-order valence-electron chi connectivity index (χ2n) is 8.59. The highest BCUT2D eigenvalue weighted by Crippen LogP contribution is 2.47. The van der Waals surface area contributed by atoms with E-state index in [1.165, 1.54) is 36.5 Å². The van der Waals surface area contributed by atoms with Gasteiger partial charge in [-0.1, -0.05) is 23.1 Å². The molecule has 0 spiro atoms. The Balaban J connectivity index is 1.35. The number of amides is 1. The van der Waals surface area contributed by atoms with Gasteiger partial charge in [0.1, 0.15) is 11.6 Å². The number of nitrogens with two attached hydrogens (primary N) is 1. The lowest BCUT2D eigenvalue weighted by Crippen LogP contribution is -2.38. The number of nitriles is 1. The van der Waals surface area contributed by atoms with Gasteiger partial charge in [0.2, 0.25) is 11.0 Å². The van der Waals surface area contributed by atoms with E-state index in [9.17, 15) is 14.9 Å². The normalized spacial score (nSPS) is 17.1. The quantitative estimate of drug-likeness (QED) is 0.378. The molecule has 1 amide bonds. The third-order valence-corrected chi connectivity index (χ3v) is 8.36. The number of nitrogens with one attached hydrogen (secondary N) is 1. The van der Waals surface area contributed by atoms with Gasteiger partial charge in [0.25, 0.3) is 0 Å². The Hall–Kier alpha value is -4.28. The zero-order chi connectivity index (χ0) is 27.5. The Kier molecular flexibility index (Phi) is 7.58. The number of benzene rings is 1. The summed E-state index contributed by atoms with van der Waals surface area (Å²) < 4.78 is 16.6. The molecule has 1 aliphatic heterocycles. The average molecular weight is 565 g/mol. The number of anilines is 2. The molecule has 0 bridgehead atoms. The van der Waals surface area contributed by atoms with Gasteiger partial charge in [-0.05, 0) is 37.1 Å². The van der Waals surface area contributed by atoms with Crippen LogP contribution in [0.1, 0.15) is 30.9 Å². The summed E-state index contributed by atoms with van der Waals surface area (Å²) in [5.74, 6) is 0.884. The average Bonchev–Trinajstić information content (AvgIpc) is 3.64. The number of aromatic nitrogens is 2. The number of ketones is 1. The zero-order valence-corrected chi connectivity index (χ0v) is 22.7.